The highest BCUT2D eigenvalue weighted by molar-refractivity contribution is 6.04. The van der Waals surface area contributed by atoms with Crippen LogP contribution in [0.3, 0.4) is 0 Å². The highest BCUT2D eigenvalue weighted by Crippen LogP contribution is 2.21. The Kier molecular flexibility index (Phi) is 5.09. The number of carbonyl (C=O) groups excluding carboxylic acids is 1. The molecular weight excluding hydrogens is 310 g/mol. The summed E-state index contributed by atoms with van der Waals surface area (Å²) in [6.45, 7) is 4.34. The number of carbonyl (C=O) groups is 1. The lowest BCUT2D eigenvalue weighted by atomic mass is 10.0. The molecular formula is C21H21N3O. The normalized spacial score (nSPS) is 10.5. The molecule has 0 aliphatic carbocycles. The molecule has 1 heterocycles. The van der Waals surface area contributed by atoms with E-state index in [4.69, 9.17) is 0 Å². The SMILES string of the molecule is CC(C)c1ccc(Nc2cncc(C(=O)Nc3ccccc3)c2)cc1. The van der Waals surface area contributed by atoms with Crippen molar-refractivity contribution in [1.29, 1.82) is 0 Å². The number of pyridine rings is 1. The van der Waals surface area contributed by atoms with E-state index in [9.17, 15) is 4.79 Å². The molecule has 0 bridgehead atoms. The lowest BCUT2D eigenvalue weighted by molar-refractivity contribution is 0.102. The molecule has 3 rings (SSSR count). The first-order chi connectivity index (χ1) is 12.1. The van der Waals surface area contributed by atoms with Crippen LogP contribution in [0.4, 0.5) is 17.1 Å². The molecule has 25 heavy (non-hydrogen) atoms. The number of aromatic nitrogens is 1. The second-order valence-electron chi connectivity index (χ2n) is 6.18. The van der Waals surface area contributed by atoms with E-state index < -0.39 is 0 Å². The van der Waals surface area contributed by atoms with Gasteiger partial charge in [0.15, 0.2) is 0 Å². The summed E-state index contributed by atoms with van der Waals surface area (Å²) < 4.78 is 0. The molecule has 0 saturated carbocycles. The van der Waals surface area contributed by atoms with Crippen LogP contribution in [0.5, 0.6) is 0 Å². The summed E-state index contributed by atoms with van der Waals surface area (Å²) in [6, 6.07) is 19.4. The number of hydrogen-bond donors (Lipinski definition) is 2. The van der Waals surface area contributed by atoms with E-state index in [1.165, 1.54) is 5.56 Å². The predicted octanol–water partition coefficient (Wildman–Crippen LogP) is 5.20. The molecule has 126 valence electrons. The zero-order chi connectivity index (χ0) is 17.6. The van der Waals surface area contributed by atoms with Crippen molar-refractivity contribution >= 4 is 23.0 Å². The van der Waals surface area contributed by atoms with Crippen LogP contribution >= 0.6 is 0 Å². The average Bonchev–Trinajstić information content (AvgIpc) is 2.63. The molecule has 0 fully saturated rings. The van der Waals surface area contributed by atoms with Crippen LogP contribution in [-0.2, 0) is 0 Å². The van der Waals surface area contributed by atoms with Crippen molar-refractivity contribution in [2.24, 2.45) is 0 Å². The first kappa shape index (κ1) is 16.7. The molecule has 0 spiro atoms. The Bertz CT molecular complexity index is 843. The number of para-hydroxylation sites is 1. The van der Waals surface area contributed by atoms with E-state index in [-0.39, 0.29) is 5.91 Å². The van der Waals surface area contributed by atoms with Gasteiger partial charge in [-0.05, 0) is 41.8 Å². The Balaban J connectivity index is 1.71. The fraction of sp³-hybridized carbons (Fsp3) is 0.143. The Labute approximate surface area is 147 Å². The van der Waals surface area contributed by atoms with E-state index in [1.807, 2.05) is 42.5 Å². The predicted molar refractivity (Wildman–Crippen MR) is 102 cm³/mol. The zero-order valence-corrected chi connectivity index (χ0v) is 14.4. The molecule has 3 aromatic rings. The maximum atomic E-state index is 12.4. The van der Waals surface area contributed by atoms with Crippen LogP contribution in [0.1, 0.15) is 35.7 Å². The first-order valence-corrected chi connectivity index (χ1v) is 8.30. The van der Waals surface area contributed by atoms with Crippen LogP contribution < -0.4 is 10.6 Å². The molecule has 0 atom stereocenters. The van der Waals surface area contributed by atoms with E-state index in [1.54, 1.807) is 18.5 Å². The van der Waals surface area contributed by atoms with Crippen LogP contribution in [0.15, 0.2) is 73.1 Å². The fourth-order valence-electron chi connectivity index (χ4n) is 2.48. The smallest absolute Gasteiger partial charge is 0.257 e. The minimum Gasteiger partial charge on any atom is -0.354 e. The molecule has 0 saturated heterocycles. The number of amides is 1. The fourth-order valence-corrected chi connectivity index (χ4v) is 2.48. The summed E-state index contributed by atoms with van der Waals surface area (Å²) >= 11 is 0. The first-order valence-electron chi connectivity index (χ1n) is 8.30. The molecule has 2 aromatic carbocycles. The van der Waals surface area contributed by atoms with Crippen LogP contribution in [0.25, 0.3) is 0 Å². The van der Waals surface area contributed by atoms with Gasteiger partial charge in [-0.25, -0.2) is 0 Å². The minimum atomic E-state index is -0.183. The molecule has 4 heteroatoms. The van der Waals surface area contributed by atoms with Gasteiger partial charge in [-0.15, -0.1) is 0 Å². The van der Waals surface area contributed by atoms with Gasteiger partial charge in [0.1, 0.15) is 0 Å². The van der Waals surface area contributed by atoms with Crippen molar-refractivity contribution in [3.05, 3.63) is 84.2 Å². The number of nitrogens with one attached hydrogen (secondary N) is 2. The van der Waals surface area contributed by atoms with Crippen LogP contribution in [0, 0.1) is 0 Å². The molecule has 0 aliphatic heterocycles. The van der Waals surface area contributed by atoms with Crippen molar-refractivity contribution in [2.45, 2.75) is 19.8 Å². The van der Waals surface area contributed by atoms with Crippen molar-refractivity contribution in [1.82, 2.24) is 4.98 Å². The van der Waals surface area contributed by atoms with Gasteiger partial charge in [0.05, 0.1) is 17.4 Å². The highest BCUT2D eigenvalue weighted by atomic mass is 16.1. The van der Waals surface area contributed by atoms with E-state index in [0.29, 0.717) is 11.5 Å². The monoisotopic (exact) mass is 331 g/mol. The molecule has 0 unspecified atom stereocenters. The average molecular weight is 331 g/mol. The quantitative estimate of drug-likeness (QED) is 0.675. The summed E-state index contributed by atoms with van der Waals surface area (Å²) in [5.74, 6) is 0.318. The number of anilines is 3. The van der Waals surface area contributed by atoms with E-state index >= 15 is 0 Å². The Morgan fingerprint density at radius 1 is 0.880 bits per heavy atom. The summed E-state index contributed by atoms with van der Waals surface area (Å²) in [7, 11) is 0. The molecule has 2 N–H and O–H groups in total. The molecule has 1 aromatic heterocycles. The Morgan fingerprint density at radius 3 is 2.28 bits per heavy atom. The summed E-state index contributed by atoms with van der Waals surface area (Å²) in [5, 5.41) is 6.15. The van der Waals surface area contributed by atoms with Gasteiger partial charge in [-0.3, -0.25) is 9.78 Å². The third kappa shape index (κ3) is 4.44. The van der Waals surface area contributed by atoms with Gasteiger partial charge in [-0.1, -0.05) is 44.2 Å². The van der Waals surface area contributed by atoms with E-state index in [2.05, 4.69) is 41.6 Å². The molecule has 0 aliphatic rings. The van der Waals surface area contributed by atoms with Gasteiger partial charge < -0.3 is 10.6 Å². The Morgan fingerprint density at radius 2 is 1.60 bits per heavy atom. The number of benzene rings is 2. The highest BCUT2D eigenvalue weighted by Gasteiger charge is 2.08. The lowest BCUT2D eigenvalue weighted by Gasteiger charge is -2.10. The van der Waals surface area contributed by atoms with Crippen molar-refractivity contribution in [2.75, 3.05) is 10.6 Å². The van der Waals surface area contributed by atoms with Crippen LogP contribution in [-0.4, -0.2) is 10.9 Å². The van der Waals surface area contributed by atoms with Gasteiger partial charge in [0, 0.05) is 17.6 Å². The second-order valence-corrected chi connectivity index (χ2v) is 6.18. The van der Waals surface area contributed by atoms with Gasteiger partial charge in [0.2, 0.25) is 0 Å². The third-order valence-electron chi connectivity index (χ3n) is 3.90. The maximum absolute atomic E-state index is 12.4. The second kappa shape index (κ2) is 7.62. The van der Waals surface area contributed by atoms with Gasteiger partial charge in [0.25, 0.3) is 5.91 Å². The Hall–Kier alpha value is -3.14. The van der Waals surface area contributed by atoms with Crippen molar-refractivity contribution in [3.8, 4) is 0 Å². The topological polar surface area (TPSA) is 54.0 Å². The number of nitrogens with zero attached hydrogens (tertiary/aromatic N) is 1. The standard InChI is InChI=1S/C21H21N3O/c1-15(2)16-8-10-19(11-9-16)23-20-12-17(13-22-14-20)21(25)24-18-6-4-3-5-7-18/h3-15,23H,1-2H3,(H,24,25). The third-order valence-corrected chi connectivity index (χ3v) is 3.90. The zero-order valence-electron chi connectivity index (χ0n) is 14.4. The van der Waals surface area contributed by atoms with E-state index in [0.717, 1.165) is 17.1 Å². The van der Waals surface area contributed by atoms with Gasteiger partial charge >= 0.3 is 0 Å². The number of hydrogen-bond acceptors (Lipinski definition) is 3. The van der Waals surface area contributed by atoms with Crippen LogP contribution in [0.2, 0.25) is 0 Å². The molecule has 1 amide bonds. The van der Waals surface area contributed by atoms with Crippen molar-refractivity contribution < 1.29 is 4.79 Å². The molecule has 4 nitrogen and oxygen atoms in total. The summed E-state index contributed by atoms with van der Waals surface area (Å²) in [6.07, 6.45) is 3.26. The number of rotatable bonds is 5. The van der Waals surface area contributed by atoms with Crippen molar-refractivity contribution in [3.63, 3.8) is 0 Å². The maximum Gasteiger partial charge on any atom is 0.257 e. The largest absolute Gasteiger partial charge is 0.354 e. The van der Waals surface area contributed by atoms with Gasteiger partial charge in [-0.2, -0.15) is 0 Å². The lowest BCUT2D eigenvalue weighted by Crippen LogP contribution is -2.12. The minimum absolute atomic E-state index is 0.183. The molecule has 0 radical (unpaired) electrons. The summed E-state index contributed by atoms with van der Waals surface area (Å²) in [4.78, 5) is 16.5. The summed E-state index contributed by atoms with van der Waals surface area (Å²) in [5.41, 5.74) is 4.30.